The van der Waals surface area contributed by atoms with E-state index in [1.165, 1.54) is 14.7 Å². The number of hydrogen-bond acceptors (Lipinski definition) is 4. The van der Waals surface area contributed by atoms with E-state index >= 15 is 0 Å². The van der Waals surface area contributed by atoms with Crippen molar-refractivity contribution in [3.63, 3.8) is 0 Å². The molecule has 152 valence electrons. The summed E-state index contributed by atoms with van der Waals surface area (Å²) in [7, 11) is -3.84. The Morgan fingerprint density at radius 3 is 2.54 bits per heavy atom. The second kappa shape index (κ2) is 8.96. The zero-order chi connectivity index (χ0) is 20.3. The predicted molar refractivity (Wildman–Crippen MR) is 108 cm³/mol. The van der Waals surface area contributed by atoms with Crippen LogP contribution in [-0.4, -0.2) is 47.3 Å². The third kappa shape index (κ3) is 5.15. The molecule has 1 aliphatic rings. The van der Waals surface area contributed by atoms with Gasteiger partial charge in [0.15, 0.2) is 0 Å². The summed E-state index contributed by atoms with van der Waals surface area (Å²) >= 11 is 3.23. The van der Waals surface area contributed by atoms with Gasteiger partial charge in [-0.3, -0.25) is 4.98 Å². The highest BCUT2D eigenvalue weighted by Gasteiger charge is 2.36. The summed E-state index contributed by atoms with van der Waals surface area (Å²) in [5.41, 5.74) is 0.898. The van der Waals surface area contributed by atoms with Crippen LogP contribution in [-0.2, 0) is 28.0 Å². The smallest absolute Gasteiger partial charge is 0.282 e. The standard InChI is InChI=1S/C19H23BrFN3O3S/c1-14-10-23(11-15(2)27-14)28(25,26)24(13-18-5-3-4-8-22-18)12-16-6-7-17(20)9-19(16)21/h3-9,14-15H,10-13H2,1-2H3. The van der Waals surface area contributed by atoms with E-state index in [1.54, 1.807) is 36.5 Å². The molecule has 9 heteroatoms. The van der Waals surface area contributed by atoms with E-state index in [0.717, 1.165) is 0 Å². The van der Waals surface area contributed by atoms with Gasteiger partial charge in [0.05, 0.1) is 24.4 Å². The maximum absolute atomic E-state index is 14.4. The number of ether oxygens (including phenoxy) is 1. The molecule has 6 nitrogen and oxygen atoms in total. The zero-order valence-electron chi connectivity index (χ0n) is 15.8. The van der Waals surface area contributed by atoms with E-state index in [1.807, 2.05) is 13.8 Å². The third-order valence-electron chi connectivity index (χ3n) is 4.46. The highest BCUT2D eigenvalue weighted by Crippen LogP contribution is 2.23. The second-order valence-electron chi connectivity index (χ2n) is 6.91. The van der Waals surface area contributed by atoms with Gasteiger partial charge in [-0.2, -0.15) is 17.0 Å². The number of morpholine rings is 1. The normalized spacial score (nSPS) is 21.2. The van der Waals surface area contributed by atoms with Crippen LogP contribution in [0.25, 0.3) is 0 Å². The lowest BCUT2D eigenvalue weighted by atomic mass is 10.2. The van der Waals surface area contributed by atoms with Crippen LogP contribution in [0.4, 0.5) is 4.39 Å². The molecular weight excluding hydrogens is 449 g/mol. The molecule has 0 saturated carbocycles. The number of rotatable bonds is 6. The number of hydrogen-bond donors (Lipinski definition) is 0. The summed E-state index contributed by atoms with van der Waals surface area (Å²) in [5, 5.41) is 0. The fourth-order valence-electron chi connectivity index (χ4n) is 3.21. The number of nitrogens with zero attached hydrogens (tertiary/aromatic N) is 3. The van der Waals surface area contributed by atoms with Gasteiger partial charge < -0.3 is 4.74 Å². The quantitative estimate of drug-likeness (QED) is 0.647. The molecule has 0 spiro atoms. The lowest BCUT2D eigenvalue weighted by Gasteiger charge is -2.37. The Balaban J connectivity index is 1.92. The summed E-state index contributed by atoms with van der Waals surface area (Å²) in [6.45, 7) is 4.17. The molecule has 28 heavy (non-hydrogen) atoms. The molecule has 0 amide bonds. The molecule has 1 aromatic heterocycles. The summed E-state index contributed by atoms with van der Waals surface area (Å²) in [4.78, 5) is 4.23. The van der Waals surface area contributed by atoms with Crippen molar-refractivity contribution in [3.05, 3.63) is 64.1 Å². The Labute approximate surface area is 173 Å². The average molecular weight is 472 g/mol. The largest absolute Gasteiger partial charge is 0.373 e. The third-order valence-corrected chi connectivity index (χ3v) is 6.82. The molecule has 2 aromatic rings. The molecule has 3 rings (SSSR count). The highest BCUT2D eigenvalue weighted by molar-refractivity contribution is 9.10. The van der Waals surface area contributed by atoms with Gasteiger partial charge in [-0.25, -0.2) is 4.39 Å². The van der Waals surface area contributed by atoms with Gasteiger partial charge in [0, 0.05) is 35.9 Å². The molecule has 0 bridgehead atoms. The van der Waals surface area contributed by atoms with Gasteiger partial charge >= 0.3 is 0 Å². The number of halogens is 2. The van der Waals surface area contributed by atoms with Gasteiger partial charge in [0.25, 0.3) is 10.2 Å². The van der Waals surface area contributed by atoms with Gasteiger partial charge in [0.2, 0.25) is 0 Å². The molecule has 2 heterocycles. The summed E-state index contributed by atoms with van der Waals surface area (Å²) in [5.74, 6) is -0.459. The van der Waals surface area contributed by atoms with Crippen molar-refractivity contribution in [3.8, 4) is 0 Å². The van der Waals surface area contributed by atoms with Crippen molar-refractivity contribution in [2.45, 2.75) is 39.1 Å². The molecule has 2 atom stereocenters. The van der Waals surface area contributed by atoms with Crippen LogP contribution in [0, 0.1) is 5.82 Å². The molecule has 1 saturated heterocycles. The Morgan fingerprint density at radius 1 is 1.21 bits per heavy atom. The van der Waals surface area contributed by atoms with E-state index in [0.29, 0.717) is 15.7 Å². The van der Waals surface area contributed by atoms with E-state index in [-0.39, 0.29) is 38.4 Å². The van der Waals surface area contributed by atoms with E-state index < -0.39 is 16.0 Å². The van der Waals surface area contributed by atoms with Gasteiger partial charge in [-0.15, -0.1) is 0 Å². The summed E-state index contributed by atoms with van der Waals surface area (Å²) in [6, 6.07) is 9.94. The highest BCUT2D eigenvalue weighted by atomic mass is 79.9. The SMILES string of the molecule is CC1CN(S(=O)(=O)N(Cc2ccccn2)Cc2ccc(Br)cc2F)CC(C)O1. The Kier molecular flexibility index (Phi) is 6.82. The van der Waals surface area contributed by atoms with Crippen LogP contribution in [0.15, 0.2) is 47.1 Å². The van der Waals surface area contributed by atoms with Crippen LogP contribution in [0.2, 0.25) is 0 Å². The van der Waals surface area contributed by atoms with Gasteiger partial charge in [0.1, 0.15) is 5.82 Å². The zero-order valence-corrected chi connectivity index (χ0v) is 18.2. The molecule has 1 aromatic carbocycles. The minimum Gasteiger partial charge on any atom is -0.373 e. The lowest BCUT2D eigenvalue weighted by molar-refractivity contribution is -0.0456. The van der Waals surface area contributed by atoms with Crippen LogP contribution in [0.1, 0.15) is 25.1 Å². The first-order chi connectivity index (χ1) is 13.3. The van der Waals surface area contributed by atoms with Crippen molar-refractivity contribution >= 4 is 26.1 Å². The number of benzene rings is 1. The fourth-order valence-corrected chi connectivity index (χ4v) is 5.27. The van der Waals surface area contributed by atoms with Crippen LogP contribution < -0.4 is 0 Å². The number of pyridine rings is 1. The Morgan fingerprint density at radius 2 is 1.93 bits per heavy atom. The Bertz CT molecular complexity index is 904. The van der Waals surface area contributed by atoms with Crippen LogP contribution in [0.3, 0.4) is 0 Å². The maximum Gasteiger partial charge on any atom is 0.282 e. The lowest BCUT2D eigenvalue weighted by Crippen LogP contribution is -2.52. The monoisotopic (exact) mass is 471 g/mol. The first kappa shape index (κ1) is 21.3. The molecule has 0 aliphatic carbocycles. The minimum absolute atomic E-state index is 0.0544. The molecule has 0 N–H and O–H groups in total. The molecular formula is C19H23BrFN3O3S. The van der Waals surface area contributed by atoms with E-state index in [9.17, 15) is 12.8 Å². The first-order valence-corrected chi connectivity index (χ1v) is 11.2. The minimum atomic E-state index is -3.84. The maximum atomic E-state index is 14.4. The molecule has 1 fully saturated rings. The topological polar surface area (TPSA) is 62.7 Å². The molecule has 0 radical (unpaired) electrons. The van der Waals surface area contributed by atoms with Crippen molar-refractivity contribution in [2.24, 2.45) is 0 Å². The average Bonchev–Trinajstić information content (AvgIpc) is 2.63. The van der Waals surface area contributed by atoms with Crippen molar-refractivity contribution in [1.29, 1.82) is 0 Å². The molecule has 2 unspecified atom stereocenters. The van der Waals surface area contributed by atoms with Crippen LogP contribution >= 0.6 is 15.9 Å². The van der Waals surface area contributed by atoms with Crippen molar-refractivity contribution in [1.82, 2.24) is 13.6 Å². The summed E-state index contributed by atoms with van der Waals surface area (Å²) < 4.78 is 50.1. The fraction of sp³-hybridized carbons (Fsp3) is 0.421. The van der Waals surface area contributed by atoms with Gasteiger partial charge in [-0.05, 0) is 38.1 Å². The Hall–Kier alpha value is -1.39. The van der Waals surface area contributed by atoms with Crippen LogP contribution in [0.5, 0.6) is 0 Å². The predicted octanol–water partition coefficient (Wildman–Crippen LogP) is 3.34. The molecule has 1 aliphatic heterocycles. The van der Waals surface area contributed by atoms with E-state index in [4.69, 9.17) is 4.74 Å². The number of aromatic nitrogens is 1. The van der Waals surface area contributed by atoms with Gasteiger partial charge in [-0.1, -0.05) is 28.1 Å². The second-order valence-corrected chi connectivity index (χ2v) is 9.75. The van der Waals surface area contributed by atoms with Crippen molar-refractivity contribution in [2.75, 3.05) is 13.1 Å². The van der Waals surface area contributed by atoms with E-state index in [2.05, 4.69) is 20.9 Å². The summed E-state index contributed by atoms with van der Waals surface area (Å²) in [6.07, 6.45) is 1.19. The van der Waals surface area contributed by atoms with Crippen molar-refractivity contribution < 1.29 is 17.5 Å². The first-order valence-electron chi connectivity index (χ1n) is 9.00.